The Balaban J connectivity index is 1.29. The van der Waals surface area contributed by atoms with Crippen molar-refractivity contribution in [3.05, 3.63) is 94.0 Å². The molecule has 1 saturated heterocycles. The van der Waals surface area contributed by atoms with Gasteiger partial charge in [-0.3, -0.25) is 14.9 Å². The van der Waals surface area contributed by atoms with Crippen LogP contribution < -0.4 is 15.5 Å². The molecule has 2 amide bonds. The first-order valence-corrected chi connectivity index (χ1v) is 12.2. The second-order valence-electron chi connectivity index (χ2n) is 8.06. The summed E-state index contributed by atoms with van der Waals surface area (Å²) in [4.78, 5) is 29.4. The molecule has 34 heavy (non-hydrogen) atoms. The normalized spacial score (nSPS) is 13.4. The quantitative estimate of drug-likeness (QED) is 0.467. The number of rotatable bonds is 4. The summed E-state index contributed by atoms with van der Waals surface area (Å²) >= 11 is 8.65. The Labute approximate surface area is 213 Å². The Hall–Kier alpha value is -3.23. The number of anilines is 2. The van der Waals surface area contributed by atoms with E-state index in [0.29, 0.717) is 18.7 Å². The highest BCUT2D eigenvalue weighted by molar-refractivity contribution is 9.10. The number of carbonyl (C=O) groups excluding carboxylic acids is 2. The highest BCUT2D eigenvalue weighted by Gasteiger charge is 2.23. The summed E-state index contributed by atoms with van der Waals surface area (Å²) in [7, 11) is 0. The predicted octanol–water partition coefficient (Wildman–Crippen LogP) is 4.85. The summed E-state index contributed by atoms with van der Waals surface area (Å²) < 4.78 is 0.829. The molecule has 1 aliphatic heterocycles. The van der Waals surface area contributed by atoms with Crippen LogP contribution in [-0.2, 0) is 0 Å². The fourth-order valence-corrected chi connectivity index (χ4v) is 4.48. The van der Waals surface area contributed by atoms with Crippen LogP contribution in [0.1, 0.15) is 26.3 Å². The maximum atomic E-state index is 12.8. The van der Waals surface area contributed by atoms with E-state index in [4.69, 9.17) is 12.2 Å². The molecule has 0 radical (unpaired) electrons. The van der Waals surface area contributed by atoms with Crippen LogP contribution in [0.4, 0.5) is 11.4 Å². The van der Waals surface area contributed by atoms with Crippen molar-refractivity contribution in [3.8, 4) is 0 Å². The highest BCUT2D eigenvalue weighted by atomic mass is 79.9. The maximum absolute atomic E-state index is 12.8. The Morgan fingerprint density at radius 3 is 2.29 bits per heavy atom. The zero-order valence-electron chi connectivity index (χ0n) is 18.8. The first-order chi connectivity index (χ1) is 16.4. The van der Waals surface area contributed by atoms with E-state index >= 15 is 0 Å². The molecule has 0 saturated carbocycles. The summed E-state index contributed by atoms with van der Waals surface area (Å²) in [5, 5.41) is 5.98. The molecule has 0 spiro atoms. The lowest BCUT2D eigenvalue weighted by Gasteiger charge is -2.36. The third-order valence-corrected chi connectivity index (χ3v) is 6.44. The third-order valence-electron chi connectivity index (χ3n) is 5.75. The lowest BCUT2D eigenvalue weighted by Crippen LogP contribution is -2.48. The van der Waals surface area contributed by atoms with E-state index < -0.39 is 0 Å². The first kappa shape index (κ1) is 23.9. The summed E-state index contributed by atoms with van der Waals surface area (Å²) in [5.74, 6) is -0.177. The Morgan fingerprint density at radius 1 is 0.912 bits per heavy atom. The van der Waals surface area contributed by atoms with E-state index in [9.17, 15) is 9.59 Å². The number of carbonyl (C=O) groups is 2. The average molecular weight is 537 g/mol. The molecular weight excluding hydrogens is 512 g/mol. The lowest BCUT2D eigenvalue weighted by atomic mass is 10.1. The summed E-state index contributed by atoms with van der Waals surface area (Å²) in [5.41, 5.74) is 4.17. The number of aryl methyl sites for hydroxylation is 1. The van der Waals surface area contributed by atoms with Crippen LogP contribution in [0.2, 0.25) is 0 Å². The van der Waals surface area contributed by atoms with Gasteiger partial charge in [0.25, 0.3) is 11.8 Å². The molecule has 0 atom stereocenters. The topological polar surface area (TPSA) is 64.7 Å². The zero-order chi connectivity index (χ0) is 24.1. The molecule has 1 aliphatic rings. The number of thiocarbonyl (C=S) groups is 1. The molecule has 0 aromatic heterocycles. The molecule has 8 heteroatoms. The molecule has 174 valence electrons. The van der Waals surface area contributed by atoms with Gasteiger partial charge < -0.3 is 15.1 Å². The van der Waals surface area contributed by atoms with Crippen molar-refractivity contribution < 1.29 is 9.59 Å². The molecule has 0 bridgehead atoms. The number of hydrogen-bond acceptors (Lipinski definition) is 4. The summed E-state index contributed by atoms with van der Waals surface area (Å²) in [6.07, 6.45) is 0. The van der Waals surface area contributed by atoms with Gasteiger partial charge in [-0.1, -0.05) is 40.2 Å². The van der Waals surface area contributed by atoms with Gasteiger partial charge in [0.15, 0.2) is 5.11 Å². The molecule has 3 aromatic rings. The molecular formula is C26H25BrN4O2S. The first-order valence-electron chi connectivity index (χ1n) is 11.0. The van der Waals surface area contributed by atoms with Gasteiger partial charge in [-0.25, -0.2) is 0 Å². The number of hydrogen-bond donors (Lipinski definition) is 2. The molecule has 0 aliphatic carbocycles. The van der Waals surface area contributed by atoms with Gasteiger partial charge in [-0.05, 0) is 73.2 Å². The van der Waals surface area contributed by atoms with Gasteiger partial charge >= 0.3 is 0 Å². The van der Waals surface area contributed by atoms with Gasteiger partial charge in [0.1, 0.15) is 0 Å². The van der Waals surface area contributed by atoms with Crippen molar-refractivity contribution >= 4 is 56.4 Å². The highest BCUT2D eigenvalue weighted by Crippen LogP contribution is 2.21. The van der Waals surface area contributed by atoms with Crippen LogP contribution >= 0.6 is 28.1 Å². The summed E-state index contributed by atoms with van der Waals surface area (Å²) in [6.45, 7) is 4.87. The van der Waals surface area contributed by atoms with E-state index in [1.54, 1.807) is 18.2 Å². The minimum Gasteiger partial charge on any atom is -0.368 e. The standard InChI is InChI=1S/C26H25BrN4O2S/c1-18-5-2-3-8-23(18)25(33)31-15-13-30(14-16-31)22-11-9-21(10-12-22)28-26(34)29-24(32)19-6-4-7-20(27)17-19/h2-12,17H,13-16H2,1H3,(H2,28,29,32,34). The van der Waals surface area contributed by atoms with E-state index in [1.807, 2.05) is 66.4 Å². The van der Waals surface area contributed by atoms with Crippen LogP contribution in [-0.4, -0.2) is 48.0 Å². The van der Waals surface area contributed by atoms with Crippen molar-refractivity contribution in [2.24, 2.45) is 0 Å². The van der Waals surface area contributed by atoms with Gasteiger partial charge in [0.05, 0.1) is 0 Å². The van der Waals surface area contributed by atoms with Crippen molar-refractivity contribution in [2.45, 2.75) is 6.92 Å². The number of benzene rings is 3. The largest absolute Gasteiger partial charge is 0.368 e. The second-order valence-corrected chi connectivity index (χ2v) is 9.38. The van der Waals surface area contributed by atoms with Crippen molar-refractivity contribution in [2.75, 3.05) is 36.4 Å². The van der Waals surface area contributed by atoms with Crippen LogP contribution in [0.15, 0.2) is 77.3 Å². The van der Waals surface area contributed by atoms with Crippen molar-refractivity contribution in [3.63, 3.8) is 0 Å². The number of piperazine rings is 1. The number of nitrogens with zero attached hydrogens (tertiary/aromatic N) is 2. The van der Waals surface area contributed by atoms with E-state index in [0.717, 1.165) is 40.1 Å². The lowest BCUT2D eigenvalue weighted by molar-refractivity contribution is 0.0746. The summed E-state index contributed by atoms with van der Waals surface area (Å²) in [6, 6.07) is 22.7. The van der Waals surface area contributed by atoms with E-state index in [2.05, 4.69) is 31.5 Å². The molecule has 4 rings (SSSR count). The van der Waals surface area contributed by atoms with Gasteiger partial charge in [-0.15, -0.1) is 0 Å². The van der Waals surface area contributed by atoms with Gasteiger partial charge in [-0.2, -0.15) is 0 Å². The molecule has 1 heterocycles. The van der Waals surface area contributed by atoms with Gasteiger partial charge in [0, 0.05) is 53.2 Å². The minimum atomic E-state index is -0.270. The van der Waals surface area contributed by atoms with Crippen molar-refractivity contribution in [1.29, 1.82) is 0 Å². The van der Waals surface area contributed by atoms with Crippen molar-refractivity contribution in [1.82, 2.24) is 10.2 Å². The third kappa shape index (κ3) is 5.81. The molecule has 0 unspecified atom stereocenters. The zero-order valence-corrected chi connectivity index (χ0v) is 21.2. The monoisotopic (exact) mass is 536 g/mol. The minimum absolute atomic E-state index is 0.0933. The van der Waals surface area contributed by atoms with E-state index in [-0.39, 0.29) is 16.9 Å². The van der Waals surface area contributed by atoms with Crippen LogP contribution in [0, 0.1) is 6.92 Å². The van der Waals surface area contributed by atoms with Crippen LogP contribution in [0.3, 0.4) is 0 Å². The molecule has 6 nitrogen and oxygen atoms in total. The average Bonchev–Trinajstić information content (AvgIpc) is 2.84. The number of halogens is 1. The smallest absolute Gasteiger partial charge is 0.257 e. The van der Waals surface area contributed by atoms with Crippen LogP contribution in [0.5, 0.6) is 0 Å². The Bertz CT molecular complexity index is 1210. The Kier molecular flexibility index (Phi) is 7.59. The second kappa shape index (κ2) is 10.8. The number of amides is 2. The maximum Gasteiger partial charge on any atom is 0.257 e. The van der Waals surface area contributed by atoms with Gasteiger partial charge in [0.2, 0.25) is 0 Å². The fraction of sp³-hybridized carbons (Fsp3) is 0.192. The molecule has 1 fully saturated rings. The van der Waals surface area contributed by atoms with E-state index in [1.165, 1.54) is 0 Å². The Morgan fingerprint density at radius 2 is 1.62 bits per heavy atom. The van der Waals surface area contributed by atoms with Crippen LogP contribution in [0.25, 0.3) is 0 Å². The SMILES string of the molecule is Cc1ccccc1C(=O)N1CCN(c2ccc(NC(=S)NC(=O)c3cccc(Br)c3)cc2)CC1. The predicted molar refractivity (Wildman–Crippen MR) is 144 cm³/mol. The number of nitrogens with one attached hydrogen (secondary N) is 2. The molecule has 3 aromatic carbocycles. The molecule has 2 N–H and O–H groups in total. The fourth-order valence-electron chi connectivity index (χ4n) is 3.87.